The van der Waals surface area contributed by atoms with Crippen LogP contribution in [-0.4, -0.2) is 22.5 Å². The summed E-state index contributed by atoms with van der Waals surface area (Å²) in [7, 11) is 0. The Kier molecular flexibility index (Phi) is 3.05. The molecule has 110 valence electrons. The lowest BCUT2D eigenvalue weighted by molar-refractivity contribution is -0.131. The SMILES string of the molecule is O=C1CCN2C(c3ccccc3)C=C(c3ccc(F)cc3)N12. The molecule has 22 heavy (non-hydrogen) atoms. The number of carbonyl (C=O) groups excluding carboxylic acids is 1. The molecule has 4 rings (SSSR count). The molecule has 3 nitrogen and oxygen atoms in total. The molecule has 1 saturated heterocycles. The summed E-state index contributed by atoms with van der Waals surface area (Å²) >= 11 is 0. The summed E-state index contributed by atoms with van der Waals surface area (Å²) in [5.74, 6) is -0.180. The Hall–Kier alpha value is -2.46. The highest BCUT2D eigenvalue weighted by Crippen LogP contribution is 2.41. The van der Waals surface area contributed by atoms with E-state index < -0.39 is 0 Å². The average molecular weight is 294 g/mol. The molecule has 0 spiro atoms. The monoisotopic (exact) mass is 294 g/mol. The fraction of sp³-hybridized carbons (Fsp3) is 0.167. The van der Waals surface area contributed by atoms with Crippen LogP contribution in [0, 0.1) is 5.82 Å². The number of benzene rings is 2. The van der Waals surface area contributed by atoms with Gasteiger partial charge in [0.2, 0.25) is 5.91 Å². The van der Waals surface area contributed by atoms with Crippen molar-refractivity contribution in [2.24, 2.45) is 0 Å². The maximum atomic E-state index is 13.1. The van der Waals surface area contributed by atoms with E-state index in [1.165, 1.54) is 12.1 Å². The lowest BCUT2D eigenvalue weighted by Gasteiger charge is -2.27. The first-order chi connectivity index (χ1) is 10.7. The number of rotatable bonds is 2. The Morgan fingerprint density at radius 1 is 1.00 bits per heavy atom. The van der Waals surface area contributed by atoms with E-state index in [1.54, 1.807) is 17.1 Å². The molecule has 0 aromatic heterocycles. The van der Waals surface area contributed by atoms with E-state index in [9.17, 15) is 9.18 Å². The number of hydrogen-bond donors (Lipinski definition) is 0. The minimum Gasteiger partial charge on any atom is -0.273 e. The van der Waals surface area contributed by atoms with Gasteiger partial charge in [-0.25, -0.2) is 14.4 Å². The normalized spacial score (nSPS) is 21.1. The van der Waals surface area contributed by atoms with Crippen molar-refractivity contribution in [3.63, 3.8) is 0 Å². The van der Waals surface area contributed by atoms with Crippen LogP contribution in [0.25, 0.3) is 5.70 Å². The van der Waals surface area contributed by atoms with Gasteiger partial charge < -0.3 is 0 Å². The predicted octanol–water partition coefficient (Wildman–Crippen LogP) is 3.37. The molecular formula is C18H15FN2O. The van der Waals surface area contributed by atoms with E-state index in [2.05, 4.69) is 23.2 Å². The topological polar surface area (TPSA) is 23.6 Å². The van der Waals surface area contributed by atoms with E-state index >= 15 is 0 Å². The molecule has 1 amide bonds. The quantitative estimate of drug-likeness (QED) is 0.848. The van der Waals surface area contributed by atoms with Gasteiger partial charge in [0.05, 0.1) is 11.7 Å². The van der Waals surface area contributed by atoms with Crippen LogP contribution in [0.15, 0.2) is 60.7 Å². The Balaban J connectivity index is 1.78. The average Bonchev–Trinajstić information content (AvgIpc) is 3.10. The van der Waals surface area contributed by atoms with E-state index in [4.69, 9.17) is 0 Å². The molecule has 2 aromatic carbocycles. The van der Waals surface area contributed by atoms with Crippen molar-refractivity contribution in [3.8, 4) is 0 Å². The van der Waals surface area contributed by atoms with Gasteiger partial charge in [0.1, 0.15) is 5.82 Å². The molecule has 0 N–H and O–H groups in total. The van der Waals surface area contributed by atoms with Crippen LogP contribution in [0.1, 0.15) is 23.6 Å². The van der Waals surface area contributed by atoms with Gasteiger partial charge in [-0.1, -0.05) is 30.3 Å². The van der Waals surface area contributed by atoms with E-state index in [-0.39, 0.29) is 17.8 Å². The second-order valence-corrected chi connectivity index (χ2v) is 5.53. The van der Waals surface area contributed by atoms with Crippen LogP contribution >= 0.6 is 0 Å². The molecule has 2 heterocycles. The van der Waals surface area contributed by atoms with Gasteiger partial charge in [-0.3, -0.25) is 4.79 Å². The number of carbonyl (C=O) groups is 1. The number of fused-ring (bicyclic) bond motifs is 1. The van der Waals surface area contributed by atoms with Crippen LogP contribution in [0.3, 0.4) is 0 Å². The van der Waals surface area contributed by atoms with Crippen LogP contribution in [0.5, 0.6) is 0 Å². The zero-order valence-corrected chi connectivity index (χ0v) is 11.9. The number of amides is 1. The van der Waals surface area contributed by atoms with Crippen LogP contribution in [-0.2, 0) is 4.79 Å². The smallest absolute Gasteiger partial charge is 0.242 e. The summed E-state index contributed by atoms with van der Waals surface area (Å²) in [6.07, 6.45) is 2.60. The molecule has 1 fully saturated rings. The molecule has 1 unspecified atom stereocenters. The van der Waals surface area contributed by atoms with Crippen LogP contribution < -0.4 is 0 Å². The number of halogens is 1. The summed E-state index contributed by atoms with van der Waals surface area (Å²) in [6.45, 7) is 0.708. The summed E-state index contributed by atoms with van der Waals surface area (Å²) in [4.78, 5) is 12.3. The molecule has 2 aliphatic rings. The molecular weight excluding hydrogens is 279 g/mol. The minimum absolute atomic E-state index is 0.0488. The van der Waals surface area contributed by atoms with Crippen molar-refractivity contribution in [1.82, 2.24) is 10.0 Å². The molecule has 0 aliphatic carbocycles. The van der Waals surface area contributed by atoms with Crippen molar-refractivity contribution in [2.45, 2.75) is 12.5 Å². The molecule has 2 aromatic rings. The van der Waals surface area contributed by atoms with Crippen molar-refractivity contribution in [1.29, 1.82) is 0 Å². The highest BCUT2D eigenvalue weighted by atomic mass is 19.1. The molecule has 0 radical (unpaired) electrons. The third-order valence-corrected chi connectivity index (χ3v) is 4.19. The van der Waals surface area contributed by atoms with Gasteiger partial charge in [0.15, 0.2) is 0 Å². The zero-order chi connectivity index (χ0) is 15.1. The highest BCUT2D eigenvalue weighted by molar-refractivity contribution is 5.89. The molecule has 0 saturated carbocycles. The first-order valence-corrected chi connectivity index (χ1v) is 7.36. The van der Waals surface area contributed by atoms with Gasteiger partial charge in [-0.15, -0.1) is 0 Å². The predicted molar refractivity (Wildman–Crippen MR) is 81.7 cm³/mol. The number of nitrogens with zero attached hydrogens (tertiary/aromatic N) is 2. The van der Waals surface area contributed by atoms with Gasteiger partial charge in [-0.2, -0.15) is 0 Å². The van der Waals surface area contributed by atoms with Crippen molar-refractivity contribution in [2.75, 3.05) is 6.54 Å². The Bertz CT molecular complexity index is 739. The first kappa shape index (κ1) is 13.2. The third kappa shape index (κ3) is 2.04. The zero-order valence-electron chi connectivity index (χ0n) is 11.9. The van der Waals surface area contributed by atoms with Gasteiger partial charge in [0, 0.05) is 13.0 Å². The maximum absolute atomic E-state index is 13.1. The summed E-state index contributed by atoms with van der Waals surface area (Å²) in [6, 6.07) is 16.5. The minimum atomic E-state index is -0.272. The first-order valence-electron chi connectivity index (χ1n) is 7.36. The number of hydrogen-bond acceptors (Lipinski definition) is 2. The number of hydrazine groups is 1. The fourth-order valence-corrected chi connectivity index (χ4v) is 3.16. The fourth-order valence-electron chi connectivity index (χ4n) is 3.16. The molecule has 1 atom stereocenters. The Morgan fingerprint density at radius 3 is 2.45 bits per heavy atom. The standard InChI is InChI=1S/C18H15FN2O/c19-15-8-6-14(7-9-15)17-12-16(13-4-2-1-3-5-13)20-11-10-18(22)21(17)20/h1-9,12,16H,10-11H2. The summed E-state index contributed by atoms with van der Waals surface area (Å²) in [5.41, 5.74) is 2.86. The largest absolute Gasteiger partial charge is 0.273 e. The highest BCUT2D eigenvalue weighted by Gasteiger charge is 2.41. The van der Waals surface area contributed by atoms with Gasteiger partial charge in [-0.05, 0) is 41.5 Å². The van der Waals surface area contributed by atoms with Crippen LogP contribution in [0.2, 0.25) is 0 Å². The lowest BCUT2D eigenvalue weighted by Crippen LogP contribution is -2.34. The van der Waals surface area contributed by atoms with E-state index in [0.29, 0.717) is 13.0 Å². The molecule has 2 aliphatic heterocycles. The molecule has 0 bridgehead atoms. The second kappa shape index (κ2) is 5.07. The van der Waals surface area contributed by atoms with Gasteiger partial charge >= 0.3 is 0 Å². The molecule has 4 heteroatoms. The maximum Gasteiger partial charge on any atom is 0.242 e. The van der Waals surface area contributed by atoms with Crippen molar-refractivity contribution in [3.05, 3.63) is 77.6 Å². The second-order valence-electron chi connectivity index (χ2n) is 5.53. The van der Waals surface area contributed by atoms with Gasteiger partial charge in [0.25, 0.3) is 0 Å². The van der Waals surface area contributed by atoms with E-state index in [1.807, 2.05) is 18.2 Å². The van der Waals surface area contributed by atoms with Crippen molar-refractivity contribution >= 4 is 11.6 Å². The Labute approximate surface area is 128 Å². The third-order valence-electron chi connectivity index (χ3n) is 4.19. The lowest BCUT2D eigenvalue weighted by atomic mass is 10.0. The Morgan fingerprint density at radius 2 is 1.73 bits per heavy atom. The van der Waals surface area contributed by atoms with Crippen molar-refractivity contribution < 1.29 is 9.18 Å². The van der Waals surface area contributed by atoms with Crippen LogP contribution in [0.4, 0.5) is 4.39 Å². The summed E-state index contributed by atoms with van der Waals surface area (Å²) in [5, 5.41) is 3.82. The summed E-state index contributed by atoms with van der Waals surface area (Å²) < 4.78 is 13.1. The van der Waals surface area contributed by atoms with E-state index in [0.717, 1.165) is 16.8 Å².